The highest BCUT2D eigenvalue weighted by Crippen LogP contribution is 2.35. The van der Waals surface area contributed by atoms with Crippen molar-refractivity contribution in [1.82, 2.24) is 5.43 Å². The van der Waals surface area contributed by atoms with Crippen molar-refractivity contribution in [2.45, 2.75) is 6.42 Å². The minimum atomic E-state index is -0.565. The maximum Gasteiger partial charge on any atom is 0.271 e. The van der Waals surface area contributed by atoms with Crippen molar-refractivity contribution < 1.29 is 19.2 Å². The van der Waals surface area contributed by atoms with E-state index in [-0.39, 0.29) is 36.9 Å². The van der Waals surface area contributed by atoms with Crippen LogP contribution in [0.25, 0.3) is 0 Å². The number of rotatable bonds is 4. The molecule has 1 aliphatic heterocycles. The molecule has 0 spiro atoms. The number of hydrogen-bond acceptors (Lipinski definition) is 6. The first-order valence-corrected chi connectivity index (χ1v) is 5.74. The van der Waals surface area contributed by atoms with Gasteiger partial charge in [-0.15, -0.1) is 0 Å². The molecule has 0 saturated carbocycles. The Morgan fingerprint density at radius 1 is 1.55 bits per heavy atom. The molecular formula is C11H12N4O5. The van der Waals surface area contributed by atoms with E-state index in [1.807, 2.05) is 5.43 Å². The van der Waals surface area contributed by atoms with E-state index < -0.39 is 10.8 Å². The molecule has 0 fully saturated rings. The summed E-state index contributed by atoms with van der Waals surface area (Å²) in [6, 6.07) is 3.96. The van der Waals surface area contributed by atoms with Crippen molar-refractivity contribution in [3.63, 3.8) is 0 Å². The van der Waals surface area contributed by atoms with Gasteiger partial charge in [-0.25, -0.2) is 5.84 Å². The van der Waals surface area contributed by atoms with Crippen LogP contribution in [-0.4, -0.2) is 29.9 Å². The SMILES string of the molecule is NNC(=O)CCN1C(=O)COc2ccc([N+](=O)[O-])cc21. The fourth-order valence-electron chi connectivity index (χ4n) is 1.83. The fourth-order valence-corrected chi connectivity index (χ4v) is 1.83. The second kappa shape index (κ2) is 5.53. The molecule has 0 radical (unpaired) electrons. The molecule has 20 heavy (non-hydrogen) atoms. The third-order valence-electron chi connectivity index (χ3n) is 2.82. The first-order valence-electron chi connectivity index (χ1n) is 5.74. The van der Waals surface area contributed by atoms with E-state index in [1.165, 1.54) is 23.1 Å². The van der Waals surface area contributed by atoms with Crippen molar-refractivity contribution >= 4 is 23.2 Å². The van der Waals surface area contributed by atoms with E-state index in [0.29, 0.717) is 5.75 Å². The lowest BCUT2D eigenvalue weighted by molar-refractivity contribution is -0.384. The van der Waals surface area contributed by atoms with Crippen LogP contribution in [-0.2, 0) is 9.59 Å². The summed E-state index contributed by atoms with van der Waals surface area (Å²) >= 11 is 0. The third kappa shape index (κ3) is 2.67. The smallest absolute Gasteiger partial charge is 0.271 e. The highest BCUT2D eigenvalue weighted by atomic mass is 16.6. The van der Waals surface area contributed by atoms with Crippen molar-refractivity contribution in [2.75, 3.05) is 18.1 Å². The summed E-state index contributed by atoms with van der Waals surface area (Å²) in [5.74, 6) is 4.52. The summed E-state index contributed by atoms with van der Waals surface area (Å²) in [4.78, 5) is 34.4. The van der Waals surface area contributed by atoms with Gasteiger partial charge in [0.15, 0.2) is 6.61 Å². The molecule has 106 valence electrons. The maximum atomic E-state index is 11.8. The first kappa shape index (κ1) is 13.7. The van der Waals surface area contributed by atoms with E-state index in [1.54, 1.807) is 0 Å². The monoisotopic (exact) mass is 280 g/mol. The largest absolute Gasteiger partial charge is 0.482 e. The van der Waals surface area contributed by atoms with Crippen molar-refractivity contribution in [3.05, 3.63) is 28.3 Å². The summed E-state index contributed by atoms with van der Waals surface area (Å²) in [6.45, 7) is -0.103. The number of carbonyl (C=O) groups excluding carboxylic acids is 2. The molecule has 1 aromatic carbocycles. The van der Waals surface area contributed by atoms with Crippen LogP contribution in [0.1, 0.15) is 6.42 Å². The number of hydrogen-bond donors (Lipinski definition) is 2. The van der Waals surface area contributed by atoms with Gasteiger partial charge in [0.2, 0.25) is 5.91 Å². The number of hydrazine groups is 1. The molecule has 0 saturated heterocycles. The van der Waals surface area contributed by atoms with Crippen LogP contribution in [0.5, 0.6) is 5.75 Å². The van der Waals surface area contributed by atoms with Crippen LogP contribution in [0.15, 0.2) is 18.2 Å². The van der Waals surface area contributed by atoms with Gasteiger partial charge in [-0.05, 0) is 6.07 Å². The number of benzene rings is 1. The summed E-state index contributed by atoms with van der Waals surface area (Å²) in [7, 11) is 0. The van der Waals surface area contributed by atoms with Crippen molar-refractivity contribution in [1.29, 1.82) is 0 Å². The minimum Gasteiger partial charge on any atom is -0.482 e. The zero-order valence-electron chi connectivity index (χ0n) is 10.4. The van der Waals surface area contributed by atoms with E-state index in [4.69, 9.17) is 10.6 Å². The number of non-ortho nitro benzene ring substituents is 1. The molecule has 9 heteroatoms. The van der Waals surface area contributed by atoms with Crippen LogP contribution >= 0.6 is 0 Å². The molecule has 0 unspecified atom stereocenters. The summed E-state index contributed by atoms with van der Waals surface area (Å²) in [6.07, 6.45) is -0.00955. The highest BCUT2D eigenvalue weighted by Gasteiger charge is 2.27. The number of nitro benzene ring substituents is 1. The van der Waals surface area contributed by atoms with E-state index in [2.05, 4.69) is 0 Å². The van der Waals surface area contributed by atoms with Gasteiger partial charge in [0, 0.05) is 25.1 Å². The lowest BCUT2D eigenvalue weighted by atomic mass is 10.2. The number of amides is 2. The number of nitrogens with two attached hydrogens (primary N) is 1. The number of fused-ring (bicyclic) bond motifs is 1. The molecule has 0 aromatic heterocycles. The number of carbonyl (C=O) groups is 2. The zero-order valence-corrected chi connectivity index (χ0v) is 10.4. The number of nitro groups is 1. The van der Waals surface area contributed by atoms with Gasteiger partial charge in [-0.3, -0.25) is 25.1 Å². The Labute approximate surface area is 113 Å². The van der Waals surface area contributed by atoms with Crippen molar-refractivity contribution in [3.8, 4) is 5.75 Å². The molecule has 0 atom stereocenters. The lowest BCUT2D eigenvalue weighted by Crippen LogP contribution is -2.41. The predicted molar refractivity (Wildman–Crippen MR) is 67.9 cm³/mol. The van der Waals surface area contributed by atoms with Crippen LogP contribution in [0.2, 0.25) is 0 Å². The molecular weight excluding hydrogens is 268 g/mol. The Hall–Kier alpha value is -2.68. The number of ether oxygens (including phenoxy) is 1. The zero-order chi connectivity index (χ0) is 14.7. The molecule has 3 N–H and O–H groups in total. The van der Waals surface area contributed by atoms with E-state index in [9.17, 15) is 19.7 Å². The molecule has 0 aliphatic carbocycles. The second-order valence-corrected chi connectivity index (χ2v) is 4.06. The number of anilines is 1. The lowest BCUT2D eigenvalue weighted by Gasteiger charge is -2.28. The third-order valence-corrected chi connectivity index (χ3v) is 2.82. The molecule has 2 rings (SSSR count). The summed E-state index contributed by atoms with van der Waals surface area (Å²) < 4.78 is 5.19. The Morgan fingerprint density at radius 3 is 2.95 bits per heavy atom. The molecule has 9 nitrogen and oxygen atoms in total. The number of nitrogens with one attached hydrogen (secondary N) is 1. The average molecular weight is 280 g/mol. The van der Waals surface area contributed by atoms with Crippen LogP contribution < -0.4 is 20.9 Å². The van der Waals surface area contributed by atoms with Gasteiger partial charge >= 0.3 is 0 Å². The van der Waals surface area contributed by atoms with Crippen LogP contribution in [0.3, 0.4) is 0 Å². The molecule has 0 bridgehead atoms. The average Bonchev–Trinajstić information content (AvgIpc) is 2.45. The van der Waals surface area contributed by atoms with E-state index >= 15 is 0 Å². The topological polar surface area (TPSA) is 128 Å². The van der Waals surface area contributed by atoms with Crippen molar-refractivity contribution in [2.24, 2.45) is 5.84 Å². The first-order chi connectivity index (χ1) is 9.52. The Morgan fingerprint density at radius 2 is 2.30 bits per heavy atom. The van der Waals surface area contributed by atoms with Gasteiger partial charge in [-0.2, -0.15) is 0 Å². The minimum absolute atomic E-state index is 0.00955. The quantitative estimate of drug-likeness (QED) is 0.337. The summed E-state index contributed by atoms with van der Waals surface area (Å²) in [5.41, 5.74) is 2.08. The molecule has 1 aromatic rings. The Kier molecular flexibility index (Phi) is 3.80. The van der Waals surface area contributed by atoms with Crippen LogP contribution in [0.4, 0.5) is 11.4 Å². The summed E-state index contributed by atoms with van der Waals surface area (Å²) in [5, 5.41) is 10.8. The fraction of sp³-hybridized carbons (Fsp3) is 0.273. The normalized spacial score (nSPS) is 13.4. The Bertz CT molecular complexity index is 574. The standard InChI is InChI=1S/C11H12N4O5/c12-13-10(16)3-4-14-8-5-7(15(18)19)1-2-9(8)20-6-11(14)17/h1-2,5H,3-4,6,12H2,(H,13,16). The van der Waals surface area contributed by atoms with Crippen LogP contribution in [0, 0.1) is 10.1 Å². The predicted octanol–water partition coefficient (Wildman–Crippen LogP) is -0.300. The van der Waals surface area contributed by atoms with Gasteiger partial charge in [0.1, 0.15) is 5.75 Å². The number of nitrogens with zero attached hydrogens (tertiary/aromatic N) is 2. The molecule has 2 amide bonds. The second-order valence-electron chi connectivity index (χ2n) is 4.06. The van der Waals surface area contributed by atoms with Gasteiger partial charge in [0.25, 0.3) is 11.6 Å². The molecule has 1 heterocycles. The van der Waals surface area contributed by atoms with Gasteiger partial charge in [-0.1, -0.05) is 0 Å². The van der Waals surface area contributed by atoms with Gasteiger partial charge in [0.05, 0.1) is 10.6 Å². The molecule has 1 aliphatic rings. The highest BCUT2D eigenvalue weighted by molar-refractivity contribution is 5.98. The maximum absolute atomic E-state index is 11.8. The van der Waals surface area contributed by atoms with Gasteiger partial charge < -0.3 is 9.64 Å². The van der Waals surface area contributed by atoms with E-state index in [0.717, 1.165) is 0 Å². The Balaban J connectivity index is 2.29.